The number of hydrogen-bond acceptors (Lipinski definition) is 1. The molecule has 0 spiro atoms. The topological polar surface area (TPSA) is 17.1 Å². The molecule has 0 aliphatic rings. The van der Waals surface area contributed by atoms with Gasteiger partial charge >= 0.3 is 0 Å². The van der Waals surface area contributed by atoms with Gasteiger partial charge in [0.1, 0.15) is 5.78 Å². The zero-order valence-electron chi connectivity index (χ0n) is 10.0. The van der Waals surface area contributed by atoms with Crippen molar-refractivity contribution < 1.29 is 4.79 Å². The molecule has 1 atom stereocenters. The lowest BCUT2D eigenvalue weighted by Gasteiger charge is -2.08. The summed E-state index contributed by atoms with van der Waals surface area (Å²) < 4.78 is 0. The second-order valence-electron chi connectivity index (χ2n) is 4.44. The summed E-state index contributed by atoms with van der Waals surface area (Å²) in [6, 6.07) is 7.51. The van der Waals surface area contributed by atoms with Crippen molar-refractivity contribution in [2.24, 2.45) is 5.92 Å². The van der Waals surface area contributed by atoms with Crippen molar-refractivity contribution in [3.8, 4) is 0 Å². The molecule has 1 aromatic carbocycles. The van der Waals surface area contributed by atoms with Gasteiger partial charge in [-0.2, -0.15) is 0 Å². The van der Waals surface area contributed by atoms with Crippen molar-refractivity contribution >= 4 is 17.4 Å². The molecule has 0 aliphatic heterocycles. The van der Waals surface area contributed by atoms with E-state index in [4.69, 9.17) is 11.6 Å². The lowest BCUT2D eigenvalue weighted by Crippen LogP contribution is -2.08. The highest BCUT2D eigenvalue weighted by Crippen LogP contribution is 2.14. The van der Waals surface area contributed by atoms with E-state index >= 15 is 0 Å². The molecular formula is C14H19ClO. The zero-order valence-corrected chi connectivity index (χ0v) is 10.8. The van der Waals surface area contributed by atoms with Crippen molar-refractivity contribution in [3.05, 3.63) is 34.9 Å². The van der Waals surface area contributed by atoms with Crippen LogP contribution in [0.15, 0.2) is 24.3 Å². The molecule has 16 heavy (non-hydrogen) atoms. The van der Waals surface area contributed by atoms with Gasteiger partial charge in [-0.15, -0.1) is 0 Å². The quantitative estimate of drug-likeness (QED) is 0.723. The minimum atomic E-state index is 0.322. The largest absolute Gasteiger partial charge is 0.299 e. The zero-order chi connectivity index (χ0) is 12.0. The maximum absolute atomic E-state index is 11.7. The second kappa shape index (κ2) is 6.70. The van der Waals surface area contributed by atoms with Crippen LogP contribution >= 0.6 is 11.6 Å². The molecule has 0 amide bonds. The lowest BCUT2D eigenvalue weighted by molar-refractivity contribution is -0.119. The third-order valence-electron chi connectivity index (χ3n) is 2.67. The van der Waals surface area contributed by atoms with Gasteiger partial charge in [-0.1, -0.05) is 50.4 Å². The van der Waals surface area contributed by atoms with Gasteiger partial charge in [0.25, 0.3) is 0 Å². The highest BCUT2D eigenvalue weighted by atomic mass is 35.5. The van der Waals surface area contributed by atoms with Gasteiger partial charge < -0.3 is 0 Å². The summed E-state index contributed by atoms with van der Waals surface area (Å²) in [5.74, 6) is 0.827. The Morgan fingerprint density at radius 3 is 2.50 bits per heavy atom. The maximum atomic E-state index is 11.7. The SMILES string of the molecule is CCCC(C)CC(=O)Cc1ccc(Cl)cc1. The lowest BCUT2D eigenvalue weighted by atomic mass is 9.96. The molecule has 1 rings (SSSR count). The van der Waals surface area contributed by atoms with Gasteiger partial charge in [-0.05, 0) is 23.6 Å². The first-order valence-corrected chi connectivity index (χ1v) is 6.25. The Bertz CT molecular complexity index is 329. The molecule has 0 aromatic heterocycles. The number of hydrogen-bond donors (Lipinski definition) is 0. The van der Waals surface area contributed by atoms with Crippen molar-refractivity contribution in [2.45, 2.75) is 39.5 Å². The standard InChI is InChI=1S/C14H19ClO/c1-3-4-11(2)9-14(16)10-12-5-7-13(15)8-6-12/h5-8,11H,3-4,9-10H2,1-2H3. The monoisotopic (exact) mass is 238 g/mol. The van der Waals surface area contributed by atoms with Gasteiger partial charge in [-0.25, -0.2) is 0 Å². The van der Waals surface area contributed by atoms with Crippen LogP contribution in [0, 0.1) is 5.92 Å². The summed E-state index contributed by atoms with van der Waals surface area (Å²) in [4.78, 5) is 11.7. The third-order valence-corrected chi connectivity index (χ3v) is 2.92. The van der Waals surface area contributed by atoms with Crippen LogP contribution in [0.1, 0.15) is 38.7 Å². The molecule has 1 aromatic rings. The molecule has 2 heteroatoms. The van der Waals surface area contributed by atoms with E-state index in [1.807, 2.05) is 24.3 Å². The summed E-state index contributed by atoms with van der Waals surface area (Å²) in [7, 11) is 0. The first-order chi connectivity index (χ1) is 7.61. The predicted molar refractivity (Wildman–Crippen MR) is 68.9 cm³/mol. The Morgan fingerprint density at radius 2 is 1.94 bits per heavy atom. The number of halogens is 1. The number of carbonyl (C=O) groups is 1. The van der Waals surface area contributed by atoms with Crippen LogP contribution in [0.3, 0.4) is 0 Å². The summed E-state index contributed by atoms with van der Waals surface area (Å²) in [5, 5.41) is 0.718. The molecule has 0 aliphatic carbocycles. The van der Waals surface area contributed by atoms with Crippen molar-refractivity contribution in [2.75, 3.05) is 0 Å². The molecule has 0 bridgehead atoms. The van der Waals surface area contributed by atoms with Gasteiger partial charge in [0, 0.05) is 17.9 Å². The van der Waals surface area contributed by atoms with E-state index < -0.39 is 0 Å². The van der Waals surface area contributed by atoms with Crippen LogP contribution < -0.4 is 0 Å². The van der Waals surface area contributed by atoms with E-state index in [0.29, 0.717) is 24.5 Å². The Balaban J connectivity index is 2.42. The van der Waals surface area contributed by atoms with Crippen LogP contribution in [0.25, 0.3) is 0 Å². The molecule has 0 radical (unpaired) electrons. The Hall–Kier alpha value is -0.820. The molecule has 1 nitrogen and oxygen atoms in total. The van der Waals surface area contributed by atoms with E-state index in [9.17, 15) is 4.79 Å². The molecule has 0 heterocycles. The maximum Gasteiger partial charge on any atom is 0.137 e. The van der Waals surface area contributed by atoms with Gasteiger partial charge in [0.15, 0.2) is 0 Å². The molecule has 0 saturated carbocycles. The summed E-state index contributed by atoms with van der Waals surface area (Å²) in [6.07, 6.45) is 3.50. The van der Waals surface area contributed by atoms with E-state index in [-0.39, 0.29) is 0 Å². The number of benzene rings is 1. The number of Topliss-reactive ketones (excluding diaryl/α,β-unsaturated/α-hetero) is 1. The molecule has 0 saturated heterocycles. The first kappa shape index (κ1) is 13.2. The van der Waals surface area contributed by atoms with Crippen LogP contribution in [0.2, 0.25) is 5.02 Å². The number of ketones is 1. The van der Waals surface area contributed by atoms with E-state index in [1.165, 1.54) is 0 Å². The van der Waals surface area contributed by atoms with Gasteiger partial charge in [0.05, 0.1) is 0 Å². The Kier molecular flexibility index (Phi) is 5.54. The smallest absolute Gasteiger partial charge is 0.137 e. The van der Waals surface area contributed by atoms with E-state index in [1.54, 1.807) is 0 Å². The Morgan fingerprint density at radius 1 is 1.31 bits per heavy atom. The molecule has 0 N–H and O–H groups in total. The normalized spacial score (nSPS) is 12.4. The average molecular weight is 239 g/mol. The highest BCUT2D eigenvalue weighted by Gasteiger charge is 2.09. The Labute approximate surface area is 103 Å². The fourth-order valence-corrected chi connectivity index (χ4v) is 2.01. The summed E-state index contributed by atoms with van der Waals surface area (Å²) in [6.45, 7) is 4.30. The van der Waals surface area contributed by atoms with Crippen LogP contribution in [-0.4, -0.2) is 5.78 Å². The average Bonchev–Trinajstić information content (AvgIpc) is 2.21. The molecule has 0 fully saturated rings. The third kappa shape index (κ3) is 4.80. The van der Waals surface area contributed by atoms with Crippen LogP contribution in [0.4, 0.5) is 0 Å². The second-order valence-corrected chi connectivity index (χ2v) is 4.88. The molecular weight excluding hydrogens is 220 g/mol. The van der Waals surface area contributed by atoms with Crippen molar-refractivity contribution in [1.82, 2.24) is 0 Å². The van der Waals surface area contributed by atoms with E-state index in [0.717, 1.165) is 23.4 Å². The number of carbonyl (C=O) groups excluding carboxylic acids is 1. The first-order valence-electron chi connectivity index (χ1n) is 5.88. The fraction of sp³-hybridized carbons (Fsp3) is 0.500. The van der Waals surface area contributed by atoms with Crippen molar-refractivity contribution in [1.29, 1.82) is 0 Å². The minimum Gasteiger partial charge on any atom is -0.299 e. The summed E-state index contributed by atoms with van der Waals surface area (Å²) >= 11 is 5.79. The van der Waals surface area contributed by atoms with Gasteiger partial charge in [0.2, 0.25) is 0 Å². The van der Waals surface area contributed by atoms with Gasteiger partial charge in [-0.3, -0.25) is 4.79 Å². The van der Waals surface area contributed by atoms with Crippen molar-refractivity contribution in [3.63, 3.8) is 0 Å². The summed E-state index contributed by atoms with van der Waals surface area (Å²) in [5.41, 5.74) is 1.05. The predicted octanol–water partition coefficient (Wildman–Crippen LogP) is 4.28. The van der Waals surface area contributed by atoms with Crippen LogP contribution in [0.5, 0.6) is 0 Å². The highest BCUT2D eigenvalue weighted by molar-refractivity contribution is 6.30. The minimum absolute atomic E-state index is 0.322. The molecule has 88 valence electrons. The van der Waals surface area contributed by atoms with E-state index in [2.05, 4.69) is 13.8 Å². The van der Waals surface area contributed by atoms with Crippen LogP contribution in [-0.2, 0) is 11.2 Å². The number of rotatable bonds is 6. The molecule has 1 unspecified atom stereocenters. The fourth-order valence-electron chi connectivity index (χ4n) is 1.89.